The van der Waals surface area contributed by atoms with Crippen LogP contribution >= 0.6 is 11.6 Å². The minimum Gasteiger partial charge on any atom is -0.493 e. The molecule has 1 heterocycles. The van der Waals surface area contributed by atoms with E-state index in [2.05, 4.69) is 0 Å². The highest BCUT2D eigenvalue weighted by molar-refractivity contribution is 6.32. The zero-order valence-corrected chi connectivity index (χ0v) is 17.5. The number of ether oxygens (including phenoxy) is 3. The summed E-state index contributed by atoms with van der Waals surface area (Å²) in [5.41, 5.74) is -3.29. The summed E-state index contributed by atoms with van der Waals surface area (Å²) in [5.74, 6) is -1.89. The van der Waals surface area contributed by atoms with Crippen molar-refractivity contribution in [1.82, 2.24) is 0 Å². The van der Waals surface area contributed by atoms with Crippen LogP contribution in [-0.4, -0.2) is 42.2 Å². The third-order valence-electron chi connectivity index (χ3n) is 4.77. The summed E-state index contributed by atoms with van der Waals surface area (Å²) in [6.45, 7) is 0.218. The second-order valence-electron chi connectivity index (χ2n) is 7.29. The fourth-order valence-corrected chi connectivity index (χ4v) is 3.47. The van der Waals surface area contributed by atoms with Gasteiger partial charge in [0, 0.05) is 18.4 Å². The van der Waals surface area contributed by atoms with Gasteiger partial charge < -0.3 is 19.3 Å². The summed E-state index contributed by atoms with van der Waals surface area (Å²) in [6, 6.07) is 7.61. The van der Waals surface area contributed by atoms with Crippen LogP contribution in [0.3, 0.4) is 0 Å². The lowest BCUT2D eigenvalue weighted by Crippen LogP contribution is -2.55. The number of hydrogen-bond acceptors (Lipinski definition) is 4. The van der Waals surface area contributed by atoms with Crippen molar-refractivity contribution in [2.24, 2.45) is 0 Å². The van der Waals surface area contributed by atoms with Crippen molar-refractivity contribution in [2.45, 2.75) is 37.2 Å². The van der Waals surface area contributed by atoms with Gasteiger partial charge in [0.1, 0.15) is 17.2 Å². The summed E-state index contributed by atoms with van der Waals surface area (Å²) in [6.07, 6.45) is -11.1. The van der Waals surface area contributed by atoms with Gasteiger partial charge >= 0.3 is 23.9 Å². The van der Waals surface area contributed by atoms with Gasteiger partial charge in [-0.2, -0.15) is 26.3 Å². The summed E-state index contributed by atoms with van der Waals surface area (Å²) in [5, 5.41) is 9.10. The molecule has 1 unspecified atom stereocenters. The average molecular weight is 499 g/mol. The predicted molar refractivity (Wildman–Crippen MR) is 104 cm³/mol. The highest BCUT2D eigenvalue weighted by Gasteiger charge is 2.66. The third-order valence-corrected chi connectivity index (χ3v) is 5.07. The van der Waals surface area contributed by atoms with Crippen molar-refractivity contribution in [3.05, 3.63) is 52.5 Å². The van der Waals surface area contributed by atoms with Crippen LogP contribution < -0.4 is 14.2 Å². The quantitative estimate of drug-likeness (QED) is 0.378. The Hall–Kier alpha value is -2.82. The predicted octanol–water partition coefficient (Wildman–Crippen LogP) is 5.61. The molecule has 0 aliphatic carbocycles. The van der Waals surface area contributed by atoms with Gasteiger partial charge in [0.25, 0.3) is 0 Å². The van der Waals surface area contributed by atoms with Gasteiger partial charge in [-0.15, -0.1) is 0 Å². The van der Waals surface area contributed by atoms with E-state index < -0.39 is 36.8 Å². The molecule has 0 spiro atoms. The molecular formula is C21H17ClF6O5. The highest BCUT2D eigenvalue weighted by atomic mass is 35.5. The molecule has 1 aliphatic heterocycles. The molecule has 0 fully saturated rings. The number of hydrogen-bond donors (Lipinski definition) is 1. The van der Waals surface area contributed by atoms with Crippen molar-refractivity contribution in [3.63, 3.8) is 0 Å². The Kier molecular flexibility index (Phi) is 6.92. The molecule has 1 aliphatic rings. The molecule has 0 saturated carbocycles. The van der Waals surface area contributed by atoms with E-state index in [9.17, 15) is 31.1 Å². The molecule has 1 atom stereocenters. The SMILES string of the molecule is O=C(O)C1(C(F)(F)F)Cc2cc(OCCCOc3ccc(CC(F)(F)F)cc3Cl)ccc2O1. The smallest absolute Gasteiger partial charge is 0.439 e. The molecule has 0 amide bonds. The molecule has 0 bridgehead atoms. The summed E-state index contributed by atoms with van der Waals surface area (Å²) in [4.78, 5) is 11.2. The Morgan fingerprint density at radius 1 is 1.06 bits per heavy atom. The van der Waals surface area contributed by atoms with Crippen molar-refractivity contribution < 1.29 is 50.5 Å². The molecule has 0 radical (unpaired) electrons. The molecule has 5 nitrogen and oxygen atoms in total. The minimum absolute atomic E-state index is 0.00112. The van der Waals surface area contributed by atoms with Gasteiger partial charge in [-0.3, -0.25) is 0 Å². The zero-order valence-electron chi connectivity index (χ0n) is 16.7. The molecule has 1 N–H and O–H groups in total. The number of alkyl halides is 6. The van der Waals surface area contributed by atoms with E-state index in [1.165, 1.54) is 36.4 Å². The maximum atomic E-state index is 13.3. The number of carbonyl (C=O) groups is 1. The highest BCUT2D eigenvalue weighted by Crippen LogP contribution is 2.45. The number of carboxylic acids is 1. The molecular weight excluding hydrogens is 482 g/mol. The Balaban J connectivity index is 1.50. The van der Waals surface area contributed by atoms with Crippen molar-refractivity contribution >= 4 is 17.6 Å². The lowest BCUT2D eigenvalue weighted by molar-refractivity contribution is -0.245. The van der Waals surface area contributed by atoms with Crippen LogP contribution in [-0.2, 0) is 17.6 Å². The summed E-state index contributed by atoms with van der Waals surface area (Å²) in [7, 11) is 0. The summed E-state index contributed by atoms with van der Waals surface area (Å²) < 4.78 is 92.7. The number of rotatable bonds is 8. The standard InChI is InChI=1S/C21H17ClF6O5/c22-15-8-12(10-20(23,24)25)2-4-17(15)32-7-1-6-31-14-3-5-16-13(9-14)11-19(33-16,18(29)30)21(26,27)28/h2-5,8-9H,1,6-7,10-11H2,(H,29,30). The minimum atomic E-state index is -5.11. The molecule has 2 aromatic carbocycles. The van der Waals surface area contributed by atoms with Gasteiger partial charge in [0.15, 0.2) is 0 Å². The molecule has 180 valence electrons. The maximum Gasteiger partial charge on any atom is 0.439 e. The number of carboxylic acid groups (broad SMARTS) is 1. The Bertz CT molecular complexity index is 1020. The van der Waals surface area contributed by atoms with Crippen LogP contribution in [0.5, 0.6) is 17.2 Å². The first kappa shape index (κ1) is 24.8. The molecule has 2 aromatic rings. The van der Waals surface area contributed by atoms with E-state index in [-0.39, 0.29) is 46.6 Å². The molecule has 3 rings (SSSR count). The van der Waals surface area contributed by atoms with E-state index >= 15 is 0 Å². The van der Waals surface area contributed by atoms with Gasteiger partial charge in [-0.05, 0) is 35.9 Å². The van der Waals surface area contributed by atoms with Gasteiger partial charge in [0.2, 0.25) is 0 Å². The molecule has 0 aromatic heterocycles. The second-order valence-corrected chi connectivity index (χ2v) is 7.69. The number of fused-ring (bicyclic) bond motifs is 1. The van der Waals surface area contributed by atoms with Crippen molar-refractivity contribution in [2.75, 3.05) is 13.2 Å². The van der Waals surface area contributed by atoms with E-state index in [4.69, 9.17) is 30.9 Å². The summed E-state index contributed by atoms with van der Waals surface area (Å²) >= 11 is 5.94. The largest absolute Gasteiger partial charge is 0.493 e. The first-order chi connectivity index (χ1) is 15.3. The second kappa shape index (κ2) is 9.20. The normalized spacial score (nSPS) is 17.9. The van der Waals surface area contributed by atoms with E-state index in [1.807, 2.05) is 0 Å². The fourth-order valence-electron chi connectivity index (χ4n) is 3.21. The fraction of sp³-hybridized carbons (Fsp3) is 0.381. The molecule has 0 saturated heterocycles. The van der Waals surface area contributed by atoms with Crippen LogP contribution in [0.25, 0.3) is 0 Å². The van der Waals surface area contributed by atoms with Crippen LogP contribution in [0.4, 0.5) is 26.3 Å². The number of benzene rings is 2. The average Bonchev–Trinajstić information content (AvgIpc) is 3.08. The van der Waals surface area contributed by atoms with Crippen molar-refractivity contribution in [3.8, 4) is 17.2 Å². The van der Waals surface area contributed by atoms with Crippen LogP contribution in [0.15, 0.2) is 36.4 Å². The molecule has 12 heteroatoms. The van der Waals surface area contributed by atoms with Gasteiger partial charge in [-0.1, -0.05) is 17.7 Å². The number of aliphatic carboxylic acids is 1. The van der Waals surface area contributed by atoms with Crippen LogP contribution in [0.1, 0.15) is 17.5 Å². The third kappa shape index (κ3) is 5.76. The first-order valence-electron chi connectivity index (χ1n) is 9.53. The monoisotopic (exact) mass is 498 g/mol. The van der Waals surface area contributed by atoms with E-state index in [1.54, 1.807) is 0 Å². The van der Waals surface area contributed by atoms with E-state index in [0.717, 1.165) is 0 Å². The maximum absolute atomic E-state index is 13.3. The first-order valence-corrected chi connectivity index (χ1v) is 9.91. The number of halogens is 7. The Morgan fingerprint density at radius 3 is 2.36 bits per heavy atom. The van der Waals surface area contributed by atoms with Crippen molar-refractivity contribution in [1.29, 1.82) is 0 Å². The Morgan fingerprint density at radius 2 is 1.76 bits per heavy atom. The molecule has 33 heavy (non-hydrogen) atoms. The van der Waals surface area contributed by atoms with Crippen LogP contribution in [0.2, 0.25) is 5.02 Å². The van der Waals surface area contributed by atoms with Crippen LogP contribution in [0, 0.1) is 0 Å². The topological polar surface area (TPSA) is 65.0 Å². The lowest BCUT2D eigenvalue weighted by Gasteiger charge is -2.26. The zero-order chi connectivity index (χ0) is 24.4. The van der Waals surface area contributed by atoms with E-state index in [0.29, 0.717) is 6.42 Å². The lowest BCUT2D eigenvalue weighted by atomic mass is 9.96. The van der Waals surface area contributed by atoms with Gasteiger partial charge in [0.05, 0.1) is 24.7 Å². The van der Waals surface area contributed by atoms with Gasteiger partial charge in [-0.25, -0.2) is 4.79 Å². The Labute approximate surface area is 188 Å².